The van der Waals surface area contributed by atoms with E-state index in [1.165, 1.54) is 14.1 Å². The zero-order valence-corrected chi connectivity index (χ0v) is 23.3. The number of anilines is 1. The lowest BCUT2D eigenvalue weighted by Crippen LogP contribution is -2.43. The minimum Gasteiger partial charge on any atom is -0.444 e. The number of amides is 2. The Labute approximate surface area is 228 Å². The fourth-order valence-corrected chi connectivity index (χ4v) is 5.34. The van der Waals surface area contributed by atoms with Gasteiger partial charge in [-0.15, -0.1) is 0 Å². The van der Waals surface area contributed by atoms with Gasteiger partial charge in [-0.3, -0.25) is 14.2 Å². The second-order valence-electron chi connectivity index (χ2n) is 10.5. The molecule has 1 fully saturated rings. The molecule has 2 aromatic heterocycles. The van der Waals surface area contributed by atoms with Crippen molar-refractivity contribution in [1.82, 2.24) is 24.8 Å². The van der Waals surface area contributed by atoms with Gasteiger partial charge >= 0.3 is 12.0 Å². The summed E-state index contributed by atoms with van der Waals surface area (Å²) in [5.74, 6) is -4.61. The summed E-state index contributed by atoms with van der Waals surface area (Å²) in [5, 5.41) is 3.31. The number of likely N-dealkylation sites (N-methyl/N-ethyl adjacent to an activating group) is 1. The van der Waals surface area contributed by atoms with Crippen LogP contribution in [-0.2, 0) is 29.0 Å². The highest BCUT2D eigenvalue weighted by Gasteiger charge is 2.41. The number of ether oxygens (including phenoxy) is 1. The zero-order chi connectivity index (χ0) is 28.5. The maximum Gasteiger partial charge on any atom is 0.410 e. The molecule has 1 aromatic carbocycles. The number of benzene rings is 1. The molecule has 0 spiro atoms. The average Bonchev–Trinajstić information content (AvgIpc) is 3.51. The lowest BCUT2D eigenvalue weighted by Gasteiger charge is -2.27. The van der Waals surface area contributed by atoms with Crippen LogP contribution < -0.4 is 15.8 Å². The molecule has 0 unspecified atom stereocenters. The number of thiazole rings is 1. The number of rotatable bonds is 7. The van der Waals surface area contributed by atoms with Crippen LogP contribution in [0.1, 0.15) is 45.0 Å². The minimum atomic E-state index is -3.65. The minimum absolute atomic E-state index is 0.0399. The van der Waals surface area contributed by atoms with Gasteiger partial charge in [0, 0.05) is 27.2 Å². The third kappa shape index (κ3) is 6.35. The number of nitrogens with one attached hydrogen (secondary N) is 1. The predicted octanol–water partition coefficient (Wildman–Crippen LogP) is 3.63. The highest BCUT2D eigenvalue weighted by molar-refractivity contribution is 7.21. The number of halogens is 2. The van der Waals surface area contributed by atoms with Gasteiger partial charge in [-0.25, -0.2) is 14.8 Å². The Morgan fingerprint density at radius 1 is 1.21 bits per heavy atom. The van der Waals surface area contributed by atoms with Crippen molar-refractivity contribution in [3.8, 4) is 0 Å². The number of nitrogens with zero attached hydrogens (tertiary/aromatic N) is 5. The molecule has 10 nitrogen and oxygen atoms in total. The number of hydrogen-bond acceptors (Lipinski definition) is 8. The quantitative estimate of drug-likeness (QED) is 0.468. The third-order valence-electron chi connectivity index (χ3n) is 6.21. The number of carbonyl (C=O) groups excluding carboxylic acids is 2. The van der Waals surface area contributed by atoms with E-state index in [0.717, 1.165) is 32.8 Å². The molecule has 4 rings (SSSR count). The van der Waals surface area contributed by atoms with Crippen molar-refractivity contribution < 1.29 is 23.1 Å². The molecule has 1 N–H and O–H groups in total. The summed E-state index contributed by atoms with van der Waals surface area (Å²) in [6.45, 7) is 4.78. The van der Waals surface area contributed by atoms with E-state index in [2.05, 4.69) is 15.3 Å². The average molecular weight is 563 g/mol. The van der Waals surface area contributed by atoms with Crippen LogP contribution in [0.4, 0.5) is 18.7 Å². The maximum absolute atomic E-state index is 15.3. The second-order valence-corrected chi connectivity index (χ2v) is 11.5. The fourth-order valence-electron chi connectivity index (χ4n) is 4.34. The van der Waals surface area contributed by atoms with Crippen molar-refractivity contribution in [3.05, 3.63) is 52.1 Å². The smallest absolute Gasteiger partial charge is 0.410 e. The van der Waals surface area contributed by atoms with Gasteiger partial charge in [0.2, 0.25) is 5.91 Å². The van der Waals surface area contributed by atoms with E-state index in [1.54, 1.807) is 25.7 Å². The van der Waals surface area contributed by atoms with Crippen molar-refractivity contribution in [2.45, 2.75) is 57.7 Å². The molecule has 0 radical (unpaired) electrons. The van der Waals surface area contributed by atoms with Gasteiger partial charge in [-0.05, 0) is 39.2 Å². The Bertz CT molecular complexity index is 1420. The molecule has 2 amide bonds. The molecule has 39 heavy (non-hydrogen) atoms. The van der Waals surface area contributed by atoms with Crippen LogP contribution in [0, 0.1) is 0 Å². The van der Waals surface area contributed by atoms with E-state index in [0.29, 0.717) is 24.6 Å². The van der Waals surface area contributed by atoms with Crippen molar-refractivity contribution in [1.29, 1.82) is 0 Å². The molecule has 1 aliphatic rings. The van der Waals surface area contributed by atoms with Gasteiger partial charge in [-0.1, -0.05) is 41.7 Å². The number of fused-ring (bicyclic) bond motifs is 1. The first-order valence-corrected chi connectivity index (χ1v) is 13.4. The van der Waals surface area contributed by atoms with Crippen LogP contribution in [0.2, 0.25) is 0 Å². The summed E-state index contributed by atoms with van der Waals surface area (Å²) >= 11 is 0.988. The van der Waals surface area contributed by atoms with E-state index in [1.807, 2.05) is 30.3 Å². The highest BCUT2D eigenvalue weighted by Crippen LogP contribution is 2.34. The van der Waals surface area contributed by atoms with Crippen LogP contribution in [-0.4, -0.2) is 63.2 Å². The summed E-state index contributed by atoms with van der Waals surface area (Å²) in [6, 6.07) is 9.02. The molecule has 0 bridgehead atoms. The summed E-state index contributed by atoms with van der Waals surface area (Å²) in [6.07, 6.45) is 0.423. The van der Waals surface area contributed by atoms with Crippen LogP contribution >= 0.6 is 11.3 Å². The van der Waals surface area contributed by atoms with Gasteiger partial charge in [0.05, 0.1) is 6.54 Å². The Kier molecular flexibility index (Phi) is 7.92. The SMILES string of the molecule is CN(CC(F)(F)c1nc2sc(N3CCC[C@@H]3C(=O)NCc3ccccc3)nc2c(=O)n1C)C(=O)OC(C)(C)C. The van der Waals surface area contributed by atoms with Crippen molar-refractivity contribution in [2.75, 3.05) is 25.0 Å². The van der Waals surface area contributed by atoms with E-state index in [4.69, 9.17) is 4.74 Å². The molecule has 0 aliphatic carbocycles. The molecule has 210 valence electrons. The molecule has 13 heteroatoms. The van der Waals surface area contributed by atoms with Crippen molar-refractivity contribution >= 4 is 38.8 Å². The Hall–Kier alpha value is -3.61. The van der Waals surface area contributed by atoms with Crippen LogP contribution in [0.5, 0.6) is 0 Å². The second kappa shape index (κ2) is 10.9. The van der Waals surface area contributed by atoms with E-state index < -0.39 is 41.6 Å². The normalized spacial score (nSPS) is 16.0. The topological polar surface area (TPSA) is 110 Å². The fraction of sp³-hybridized carbons (Fsp3) is 0.500. The van der Waals surface area contributed by atoms with E-state index in [9.17, 15) is 14.4 Å². The first-order chi connectivity index (χ1) is 18.3. The van der Waals surface area contributed by atoms with Gasteiger partial charge < -0.3 is 19.9 Å². The predicted molar refractivity (Wildman–Crippen MR) is 144 cm³/mol. The molecule has 0 saturated carbocycles. The van der Waals surface area contributed by atoms with Crippen LogP contribution in [0.3, 0.4) is 0 Å². The number of hydrogen-bond donors (Lipinski definition) is 1. The largest absolute Gasteiger partial charge is 0.444 e. The third-order valence-corrected chi connectivity index (χ3v) is 7.20. The maximum atomic E-state index is 15.3. The van der Waals surface area contributed by atoms with Gasteiger partial charge in [0.15, 0.2) is 21.3 Å². The molecule has 1 aliphatic heterocycles. The lowest BCUT2D eigenvalue weighted by molar-refractivity contribution is -0.122. The number of alkyl halides is 2. The number of carbonyl (C=O) groups is 2. The Balaban J connectivity index is 1.56. The summed E-state index contributed by atoms with van der Waals surface area (Å²) < 4.78 is 36.5. The molecule has 3 heterocycles. The molecule has 3 aromatic rings. The zero-order valence-electron chi connectivity index (χ0n) is 22.5. The monoisotopic (exact) mass is 562 g/mol. The summed E-state index contributed by atoms with van der Waals surface area (Å²) in [4.78, 5) is 49.3. The molecule has 1 saturated heterocycles. The standard InChI is InChI=1S/C26H32F2N6O4S/c1-25(2,3)38-24(37)32(4)15-26(27,28)22-31-20-18(21(36)33(22)5)30-23(39-20)34-13-9-12-17(34)19(35)29-14-16-10-7-6-8-11-16/h6-8,10-11,17H,9,12-15H2,1-5H3,(H,29,35)/t17-/m1/s1. The highest BCUT2D eigenvalue weighted by atomic mass is 32.1. The van der Waals surface area contributed by atoms with E-state index >= 15 is 8.78 Å². The van der Waals surface area contributed by atoms with E-state index in [-0.39, 0.29) is 16.3 Å². The lowest BCUT2D eigenvalue weighted by atomic mass is 10.2. The summed E-state index contributed by atoms with van der Waals surface area (Å²) in [7, 11) is 2.39. The van der Waals surface area contributed by atoms with Gasteiger partial charge in [-0.2, -0.15) is 8.78 Å². The number of aromatic nitrogens is 3. The van der Waals surface area contributed by atoms with Gasteiger partial charge in [0.1, 0.15) is 11.6 Å². The molecule has 1 atom stereocenters. The van der Waals surface area contributed by atoms with Crippen molar-refractivity contribution in [3.63, 3.8) is 0 Å². The van der Waals surface area contributed by atoms with Crippen LogP contribution in [0.25, 0.3) is 10.3 Å². The van der Waals surface area contributed by atoms with Gasteiger partial charge in [0.25, 0.3) is 5.56 Å². The molecular weight excluding hydrogens is 530 g/mol. The summed E-state index contributed by atoms with van der Waals surface area (Å²) in [5.41, 5.74) is -0.668. The Morgan fingerprint density at radius 2 is 1.90 bits per heavy atom. The molecular formula is C26H32F2N6O4S. The van der Waals surface area contributed by atoms with Crippen LogP contribution in [0.15, 0.2) is 35.1 Å². The first kappa shape index (κ1) is 28.4. The first-order valence-electron chi connectivity index (χ1n) is 12.5. The Morgan fingerprint density at radius 3 is 2.56 bits per heavy atom. The van der Waals surface area contributed by atoms with Crippen molar-refractivity contribution in [2.24, 2.45) is 7.05 Å².